The van der Waals surface area contributed by atoms with Gasteiger partial charge in [-0.1, -0.05) is 13.0 Å². The number of hydrogen-bond acceptors (Lipinski definition) is 8. The summed E-state index contributed by atoms with van der Waals surface area (Å²) < 4.78 is 1.17. The molecule has 0 spiro atoms. The number of carboxylic acid groups (broad SMARTS) is 2. The summed E-state index contributed by atoms with van der Waals surface area (Å²) in [6.45, 7) is 5.40. The highest BCUT2D eigenvalue weighted by atomic mass is 32.1. The number of benzene rings is 1. The summed E-state index contributed by atoms with van der Waals surface area (Å²) in [5.41, 5.74) is 3.55. The number of nitrogens with one attached hydrogen (secondary N) is 1. The van der Waals surface area contributed by atoms with E-state index in [1.54, 1.807) is 22.9 Å². The molecule has 1 amide bonds. The number of nitrogens with zero attached hydrogens (tertiary/aromatic N) is 1. The Morgan fingerprint density at radius 3 is 2.26 bits per heavy atom. The maximum Gasteiger partial charge on any atom is 0.335 e. The zero-order valence-electron chi connectivity index (χ0n) is 16.7. The van der Waals surface area contributed by atoms with E-state index in [9.17, 15) is 14.4 Å². The summed E-state index contributed by atoms with van der Waals surface area (Å²) in [6, 6.07) is 7.64. The van der Waals surface area contributed by atoms with Crippen molar-refractivity contribution in [2.75, 3.05) is 19.6 Å². The first-order chi connectivity index (χ1) is 14.7. The van der Waals surface area contributed by atoms with Crippen molar-refractivity contribution in [2.45, 2.75) is 25.6 Å². The molecule has 168 valence electrons. The maximum atomic E-state index is 11.5. The zero-order valence-corrected chi connectivity index (χ0v) is 17.5. The van der Waals surface area contributed by atoms with E-state index in [0.29, 0.717) is 5.56 Å². The molecule has 2 heterocycles. The quantitative estimate of drug-likeness (QED) is 0.277. The molecule has 0 bridgehead atoms. The average molecular weight is 452 g/mol. The fraction of sp³-hybridized carbons (Fsp3) is 0.350. The van der Waals surface area contributed by atoms with Crippen molar-refractivity contribution in [3.63, 3.8) is 0 Å². The second kappa shape index (κ2) is 11.0. The van der Waals surface area contributed by atoms with Gasteiger partial charge < -0.3 is 20.4 Å². The molecule has 3 rings (SSSR count). The van der Waals surface area contributed by atoms with E-state index in [2.05, 4.69) is 24.0 Å². The van der Waals surface area contributed by atoms with E-state index in [-0.39, 0.29) is 0 Å². The number of aliphatic carboxylic acids is 2. The van der Waals surface area contributed by atoms with Gasteiger partial charge in [-0.15, -0.1) is 11.3 Å². The summed E-state index contributed by atoms with van der Waals surface area (Å²) in [7, 11) is 0. The molecule has 0 aliphatic carbocycles. The first-order valence-electron chi connectivity index (χ1n) is 9.39. The van der Waals surface area contributed by atoms with Gasteiger partial charge in [-0.05, 0) is 48.2 Å². The van der Waals surface area contributed by atoms with Crippen LogP contribution in [-0.4, -0.2) is 80.2 Å². The van der Waals surface area contributed by atoms with Crippen molar-refractivity contribution in [3.05, 3.63) is 40.8 Å². The minimum absolute atomic E-state index is 0.472. The number of hydrogen-bond donors (Lipinski definition) is 6. The predicted octanol–water partition coefficient (Wildman–Crippen LogP) is 1.01. The number of thiophene rings is 1. The van der Waals surface area contributed by atoms with E-state index in [1.165, 1.54) is 15.2 Å². The Morgan fingerprint density at radius 1 is 1.13 bits per heavy atom. The van der Waals surface area contributed by atoms with Gasteiger partial charge in [-0.3, -0.25) is 14.9 Å². The summed E-state index contributed by atoms with van der Waals surface area (Å²) in [4.78, 5) is 34.7. The number of carboxylic acids is 2. The Labute approximate surface area is 181 Å². The van der Waals surface area contributed by atoms with Gasteiger partial charge in [0.15, 0.2) is 12.2 Å². The van der Waals surface area contributed by atoms with Crippen molar-refractivity contribution in [1.82, 2.24) is 10.4 Å². The molecule has 6 N–H and O–H groups in total. The monoisotopic (exact) mass is 452 g/mol. The highest BCUT2D eigenvalue weighted by Crippen LogP contribution is 2.33. The molecular weight excluding hydrogens is 428 g/mol. The lowest BCUT2D eigenvalue weighted by Gasteiger charge is -2.24. The second-order valence-corrected chi connectivity index (χ2v) is 7.83. The Hall–Kier alpha value is -2.83. The van der Waals surface area contributed by atoms with E-state index < -0.39 is 30.1 Å². The Bertz CT molecular complexity index is 969. The summed E-state index contributed by atoms with van der Waals surface area (Å²) in [6.07, 6.45) is -1.15. The van der Waals surface area contributed by atoms with Gasteiger partial charge in [-0.2, -0.15) is 0 Å². The number of hydroxylamine groups is 1. The van der Waals surface area contributed by atoms with Crippen molar-refractivity contribution in [2.24, 2.45) is 0 Å². The van der Waals surface area contributed by atoms with Crippen LogP contribution in [0.25, 0.3) is 15.7 Å². The molecule has 2 atom stereocenters. The molecule has 1 aliphatic rings. The number of amides is 1. The largest absolute Gasteiger partial charge is 0.479 e. The lowest BCUT2D eigenvalue weighted by atomic mass is 10.1. The van der Waals surface area contributed by atoms with Crippen LogP contribution in [0, 0.1) is 0 Å². The molecule has 0 saturated carbocycles. The normalized spacial score (nSPS) is 15.9. The first-order valence-corrected chi connectivity index (χ1v) is 10.2. The molecule has 2 unspecified atom stereocenters. The van der Waals surface area contributed by atoms with Gasteiger partial charge in [0.25, 0.3) is 5.91 Å². The topological polar surface area (TPSA) is 168 Å². The van der Waals surface area contributed by atoms with Crippen LogP contribution in [0.15, 0.2) is 30.3 Å². The molecule has 1 aromatic heterocycles. The van der Waals surface area contributed by atoms with Gasteiger partial charge in [0.1, 0.15) is 0 Å². The molecule has 0 saturated heterocycles. The second-order valence-electron chi connectivity index (χ2n) is 6.74. The summed E-state index contributed by atoms with van der Waals surface area (Å²) in [5, 5.41) is 42.3. The summed E-state index contributed by atoms with van der Waals surface area (Å²) >= 11 is 1.76. The van der Waals surface area contributed by atoms with Crippen LogP contribution in [-0.2, 0) is 9.59 Å². The van der Waals surface area contributed by atoms with Gasteiger partial charge >= 0.3 is 11.9 Å². The van der Waals surface area contributed by atoms with Crippen LogP contribution < -0.4 is 5.48 Å². The Kier molecular flexibility index (Phi) is 8.65. The molecule has 2 aromatic rings. The molecule has 1 aromatic carbocycles. The first kappa shape index (κ1) is 24.4. The smallest absolute Gasteiger partial charge is 0.335 e. The third-order valence-corrected chi connectivity index (χ3v) is 5.93. The van der Waals surface area contributed by atoms with E-state index in [0.717, 1.165) is 31.4 Å². The van der Waals surface area contributed by atoms with Crippen molar-refractivity contribution in [3.8, 4) is 0 Å². The number of carbonyl (C=O) groups is 3. The van der Waals surface area contributed by atoms with Crippen molar-refractivity contribution >= 4 is 44.8 Å². The maximum absolute atomic E-state index is 11.5. The van der Waals surface area contributed by atoms with Crippen molar-refractivity contribution in [1.29, 1.82) is 0 Å². The van der Waals surface area contributed by atoms with E-state index in [1.807, 2.05) is 12.1 Å². The highest BCUT2D eigenvalue weighted by molar-refractivity contribution is 7.20. The number of carbonyl (C=O) groups excluding carboxylic acids is 1. The van der Waals surface area contributed by atoms with Gasteiger partial charge in [0.2, 0.25) is 0 Å². The van der Waals surface area contributed by atoms with Crippen molar-refractivity contribution < 1.29 is 40.0 Å². The number of likely N-dealkylation sites (N-methyl/N-ethyl adjacent to an activating group) is 1. The fourth-order valence-electron chi connectivity index (χ4n) is 2.90. The van der Waals surface area contributed by atoms with E-state index >= 15 is 0 Å². The van der Waals surface area contributed by atoms with Crippen LogP contribution in [0.1, 0.15) is 28.6 Å². The third kappa shape index (κ3) is 6.32. The van der Waals surface area contributed by atoms with Crippen LogP contribution in [0.4, 0.5) is 0 Å². The van der Waals surface area contributed by atoms with Crippen LogP contribution in [0.2, 0.25) is 0 Å². The average Bonchev–Trinajstić information content (AvgIpc) is 3.21. The SMILES string of the molecule is CCN1CC=C(c2cc3cc(C(=O)NO)ccc3s2)CC1.O=C(O)C(O)C(O)C(=O)O. The van der Waals surface area contributed by atoms with Gasteiger partial charge in [0, 0.05) is 28.2 Å². The number of fused-ring (bicyclic) bond motifs is 1. The fourth-order valence-corrected chi connectivity index (χ4v) is 4.01. The van der Waals surface area contributed by atoms with Gasteiger partial charge in [0.05, 0.1) is 0 Å². The standard InChI is InChI=1S/C16H18N2O2S.C4H6O6/c1-2-18-7-5-11(6-8-18)15-10-13-9-12(16(19)17-20)3-4-14(13)21-15;5-1(3(7)8)2(6)4(9)10/h3-5,9-10,20H,2,6-8H2,1H3,(H,17,19);1-2,5-6H,(H,7,8)(H,9,10). The Balaban J connectivity index is 0.000000291. The molecule has 0 radical (unpaired) electrons. The number of aliphatic hydroxyl groups is 2. The minimum Gasteiger partial charge on any atom is -0.479 e. The number of aliphatic hydroxyl groups excluding tert-OH is 2. The molecule has 11 heteroatoms. The lowest BCUT2D eigenvalue weighted by Crippen LogP contribution is -2.39. The molecular formula is C20H24N2O8S. The van der Waals surface area contributed by atoms with Crippen LogP contribution in [0.5, 0.6) is 0 Å². The van der Waals surface area contributed by atoms with E-state index in [4.69, 9.17) is 25.6 Å². The molecule has 0 fully saturated rings. The number of rotatable bonds is 6. The molecule has 1 aliphatic heterocycles. The Morgan fingerprint density at radius 2 is 1.77 bits per heavy atom. The molecule has 31 heavy (non-hydrogen) atoms. The molecule has 10 nitrogen and oxygen atoms in total. The van der Waals surface area contributed by atoms with Crippen LogP contribution >= 0.6 is 11.3 Å². The summed E-state index contributed by atoms with van der Waals surface area (Å²) in [5.74, 6) is -4.01. The zero-order chi connectivity index (χ0) is 23.1. The minimum atomic E-state index is -2.27. The van der Waals surface area contributed by atoms with Crippen LogP contribution in [0.3, 0.4) is 0 Å². The predicted molar refractivity (Wildman–Crippen MR) is 113 cm³/mol. The highest BCUT2D eigenvalue weighted by Gasteiger charge is 2.29. The lowest BCUT2D eigenvalue weighted by molar-refractivity contribution is -0.165. The van der Waals surface area contributed by atoms with Gasteiger partial charge in [-0.25, -0.2) is 15.1 Å². The third-order valence-electron chi connectivity index (χ3n) is 4.74.